The van der Waals surface area contributed by atoms with E-state index in [2.05, 4.69) is 72.2 Å². The number of fused-ring (bicyclic) bond motifs is 3. The quantitative estimate of drug-likeness (QED) is 0.500. The number of hydrogen-bond acceptors (Lipinski definition) is 2. The summed E-state index contributed by atoms with van der Waals surface area (Å²) in [6.45, 7) is 4.29. The molecule has 2 heterocycles. The number of rotatable bonds is 3. The molecule has 1 saturated heterocycles. The van der Waals surface area contributed by atoms with Gasteiger partial charge in [-0.1, -0.05) is 74.9 Å². The van der Waals surface area contributed by atoms with Gasteiger partial charge in [-0.2, -0.15) is 0 Å². The number of para-hydroxylation sites is 2. The second-order valence-electron chi connectivity index (χ2n) is 11.0. The molecule has 2 aromatic carbocycles. The lowest BCUT2D eigenvalue weighted by Gasteiger charge is -2.52. The molecule has 2 aliphatic heterocycles. The summed E-state index contributed by atoms with van der Waals surface area (Å²) in [4.78, 5) is 4.99. The summed E-state index contributed by atoms with van der Waals surface area (Å²) >= 11 is 0. The van der Waals surface area contributed by atoms with E-state index in [9.17, 15) is 1.37 Å². The maximum absolute atomic E-state index is 9.57. The number of anilines is 2. The highest BCUT2D eigenvalue weighted by molar-refractivity contribution is 5.71. The molecule has 2 unspecified atom stereocenters. The molecule has 0 aromatic heterocycles. The van der Waals surface area contributed by atoms with E-state index in [0.717, 1.165) is 11.8 Å². The van der Waals surface area contributed by atoms with Crippen molar-refractivity contribution in [3.63, 3.8) is 0 Å². The average molecular weight is 430 g/mol. The fraction of sp³-hybridized carbons (Fsp3) is 0.600. The minimum Gasteiger partial charge on any atom is -0.349 e. The van der Waals surface area contributed by atoms with Gasteiger partial charge in [0, 0.05) is 22.8 Å². The maximum atomic E-state index is 9.57. The summed E-state index contributed by atoms with van der Waals surface area (Å²) < 4.78 is 9.57. The Morgan fingerprint density at radius 2 is 1.31 bits per heavy atom. The Hall–Kier alpha value is -1.96. The van der Waals surface area contributed by atoms with Crippen LogP contribution in [0.3, 0.4) is 0 Å². The summed E-state index contributed by atoms with van der Waals surface area (Å²) in [6.07, 6.45) is 13.8. The van der Waals surface area contributed by atoms with Crippen LogP contribution in [0.1, 0.15) is 83.6 Å². The van der Waals surface area contributed by atoms with Crippen molar-refractivity contribution in [2.45, 2.75) is 95.6 Å². The minimum atomic E-state index is -0.360. The molecule has 6 rings (SSSR count). The van der Waals surface area contributed by atoms with Gasteiger partial charge in [0.15, 0.2) is 0 Å². The van der Waals surface area contributed by atoms with Crippen LogP contribution in [0.15, 0.2) is 48.5 Å². The van der Waals surface area contributed by atoms with Crippen molar-refractivity contribution in [3.05, 3.63) is 59.7 Å². The summed E-state index contributed by atoms with van der Waals surface area (Å²) in [6, 6.07) is 18.7. The third-order valence-corrected chi connectivity index (χ3v) is 9.54. The predicted octanol–water partition coefficient (Wildman–Crippen LogP) is 7.45. The van der Waals surface area contributed by atoms with E-state index in [1.165, 1.54) is 81.1 Å². The van der Waals surface area contributed by atoms with Crippen molar-refractivity contribution < 1.29 is 1.37 Å². The van der Waals surface area contributed by atoms with Crippen LogP contribution in [-0.2, 0) is 5.41 Å². The SMILES string of the molecule is [2H]C1N2c3ccccc3C(C3CCCCC3)(C3CCCCC3)C2[C@H](C)N1c1ccccc1C. The molecule has 2 aliphatic carbocycles. The molecule has 0 bridgehead atoms. The fourth-order valence-corrected chi connectivity index (χ4v) is 8.31. The van der Waals surface area contributed by atoms with E-state index in [1.807, 2.05) is 0 Å². The minimum absolute atomic E-state index is 0.188. The van der Waals surface area contributed by atoms with Crippen molar-refractivity contribution >= 4 is 11.4 Å². The third-order valence-electron chi connectivity index (χ3n) is 9.54. The van der Waals surface area contributed by atoms with Gasteiger partial charge in [-0.05, 0) is 74.6 Å². The Labute approximate surface area is 196 Å². The Morgan fingerprint density at radius 1 is 0.750 bits per heavy atom. The molecule has 2 heteroatoms. The highest BCUT2D eigenvalue weighted by Crippen LogP contribution is 2.62. The molecule has 0 spiro atoms. The lowest BCUT2D eigenvalue weighted by molar-refractivity contribution is 0.0798. The van der Waals surface area contributed by atoms with Crippen LogP contribution in [0.25, 0.3) is 0 Å². The van der Waals surface area contributed by atoms with Crippen LogP contribution >= 0.6 is 0 Å². The van der Waals surface area contributed by atoms with E-state index in [-0.39, 0.29) is 12.1 Å². The summed E-state index contributed by atoms with van der Waals surface area (Å²) in [7, 11) is 0. The molecule has 2 nitrogen and oxygen atoms in total. The van der Waals surface area contributed by atoms with E-state index in [1.54, 1.807) is 5.56 Å². The van der Waals surface area contributed by atoms with E-state index >= 15 is 0 Å². The average Bonchev–Trinajstić information content (AvgIpc) is 3.31. The zero-order valence-electron chi connectivity index (χ0n) is 21.0. The van der Waals surface area contributed by atoms with Crippen LogP contribution in [0.2, 0.25) is 0 Å². The molecule has 2 aromatic rings. The normalized spacial score (nSPS) is 30.8. The number of aryl methyl sites for hydroxylation is 1. The second kappa shape index (κ2) is 8.12. The predicted molar refractivity (Wildman–Crippen MR) is 136 cm³/mol. The molecule has 2 saturated carbocycles. The van der Waals surface area contributed by atoms with Crippen molar-refractivity contribution in [2.75, 3.05) is 16.4 Å². The smallest absolute Gasteiger partial charge is 0.0910 e. The first-order valence-electron chi connectivity index (χ1n) is 13.9. The van der Waals surface area contributed by atoms with Crippen LogP contribution < -0.4 is 9.80 Å². The summed E-state index contributed by atoms with van der Waals surface area (Å²) in [5.74, 6) is 1.49. The molecule has 0 amide bonds. The van der Waals surface area contributed by atoms with Crippen LogP contribution in [-0.4, -0.2) is 18.7 Å². The van der Waals surface area contributed by atoms with Crippen molar-refractivity contribution in [3.8, 4) is 0 Å². The van der Waals surface area contributed by atoms with Gasteiger partial charge in [-0.3, -0.25) is 0 Å². The molecular weight excluding hydrogens is 388 g/mol. The standard InChI is InChI=1S/C30H40N2/c1-22-13-9-11-19-27(22)31-21-32-28-20-12-10-18-26(28)30(29(32)23(31)2,24-14-5-3-6-15-24)25-16-7-4-8-17-25/h9-13,18-20,23-25,29H,3-8,14-17,21H2,1-2H3/t23-,29?/m0/s1/i21D/t21?,23-,29?. The van der Waals surface area contributed by atoms with Crippen LogP contribution in [0.5, 0.6) is 0 Å². The molecule has 4 aliphatic rings. The highest BCUT2D eigenvalue weighted by atomic mass is 15.4. The first-order valence-corrected chi connectivity index (χ1v) is 13.3. The monoisotopic (exact) mass is 429 g/mol. The Bertz CT molecular complexity index is 972. The lowest BCUT2D eigenvalue weighted by atomic mass is 9.53. The second-order valence-corrected chi connectivity index (χ2v) is 11.0. The van der Waals surface area contributed by atoms with Gasteiger partial charge in [0.1, 0.15) is 0 Å². The maximum Gasteiger partial charge on any atom is 0.0910 e. The summed E-state index contributed by atoms with van der Waals surface area (Å²) in [5.41, 5.74) is 5.69. The Kier molecular flexibility index (Phi) is 4.95. The molecule has 32 heavy (non-hydrogen) atoms. The fourth-order valence-electron chi connectivity index (χ4n) is 8.31. The Balaban J connectivity index is 1.55. The van der Waals surface area contributed by atoms with Gasteiger partial charge in [-0.25, -0.2) is 0 Å². The zero-order valence-corrected chi connectivity index (χ0v) is 20.0. The molecule has 170 valence electrons. The van der Waals surface area contributed by atoms with Gasteiger partial charge in [0.2, 0.25) is 0 Å². The van der Waals surface area contributed by atoms with Gasteiger partial charge < -0.3 is 9.80 Å². The van der Waals surface area contributed by atoms with Crippen molar-refractivity contribution in [2.24, 2.45) is 11.8 Å². The van der Waals surface area contributed by atoms with Gasteiger partial charge in [0.25, 0.3) is 0 Å². The molecule has 0 N–H and O–H groups in total. The molecule has 0 radical (unpaired) electrons. The van der Waals surface area contributed by atoms with Gasteiger partial charge >= 0.3 is 0 Å². The Morgan fingerprint density at radius 3 is 1.94 bits per heavy atom. The molecule has 3 fully saturated rings. The van der Waals surface area contributed by atoms with E-state index in [0.29, 0.717) is 12.1 Å². The van der Waals surface area contributed by atoms with Gasteiger partial charge in [-0.15, -0.1) is 0 Å². The number of hydrogen-bond donors (Lipinski definition) is 0. The number of nitrogens with zero attached hydrogens (tertiary/aromatic N) is 2. The van der Waals surface area contributed by atoms with E-state index in [4.69, 9.17) is 0 Å². The van der Waals surface area contributed by atoms with Gasteiger partial charge in [0.05, 0.1) is 14.1 Å². The topological polar surface area (TPSA) is 6.48 Å². The number of benzene rings is 2. The first kappa shape index (κ1) is 19.5. The highest BCUT2D eigenvalue weighted by Gasteiger charge is 2.63. The van der Waals surface area contributed by atoms with Crippen molar-refractivity contribution in [1.82, 2.24) is 0 Å². The third kappa shape index (κ3) is 2.90. The largest absolute Gasteiger partial charge is 0.349 e. The summed E-state index contributed by atoms with van der Waals surface area (Å²) in [5, 5.41) is 0. The van der Waals surface area contributed by atoms with Crippen molar-refractivity contribution in [1.29, 1.82) is 0 Å². The molecule has 3 atom stereocenters. The first-order chi connectivity index (χ1) is 16.2. The molecular formula is C30H40N2. The van der Waals surface area contributed by atoms with E-state index < -0.39 is 0 Å². The zero-order chi connectivity index (χ0) is 22.6. The lowest BCUT2D eigenvalue weighted by Crippen LogP contribution is -2.57. The van der Waals surface area contributed by atoms with Crippen LogP contribution in [0, 0.1) is 18.8 Å². The van der Waals surface area contributed by atoms with Crippen LogP contribution in [0.4, 0.5) is 11.4 Å².